The van der Waals surface area contributed by atoms with E-state index in [4.69, 9.17) is 9.47 Å². The summed E-state index contributed by atoms with van der Waals surface area (Å²) < 4.78 is 76.6. The zero-order valence-corrected chi connectivity index (χ0v) is 20.1. The van der Waals surface area contributed by atoms with Gasteiger partial charge in [-0.1, -0.05) is 0 Å². The van der Waals surface area contributed by atoms with Gasteiger partial charge >= 0.3 is 12.1 Å². The van der Waals surface area contributed by atoms with Crippen molar-refractivity contribution in [3.63, 3.8) is 0 Å². The maximum absolute atomic E-state index is 12.9. The molecule has 0 aliphatic heterocycles. The van der Waals surface area contributed by atoms with Gasteiger partial charge in [-0.05, 0) is 84.6 Å². The lowest BCUT2D eigenvalue weighted by atomic mass is 9.92. The van der Waals surface area contributed by atoms with Gasteiger partial charge in [-0.25, -0.2) is 13.2 Å². The van der Waals surface area contributed by atoms with E-state index in [1.165, 1.54) is 11.4 Å². The molecule has 1 saturated carbocycles. The molecule has 0 radical (unpaired) electrons. The maximum Gasteiger partial charge on any atom is 0.416 e. The van der Waals surface area contributed by atoms with Gasteiger partial charge in [0.2, 0.25) is 10.0 Å². The van der Waals surface area contributed by atoms with Crippen LogP contribution in [0.15, 0.2) is 29.2 Å². The molecule has 0 atom stereocenters. The van der Waals surface area contributed by atoms with E-state index in [1.54, 1.807) is 34.6 Å². The lowest BCUT2D eigenvalue weighted by molar-refractivity contribution is -0.187. The van der Waals surface area contributed by atoms with E-state index in [9.17, 15) is 26.4 Å². The van der Waals surface area contributed by atoms with Crippen LogP contribution in [-0.4, -0.2) is 49.1 Å². The van der Waals surface area contributed by atoms with Gasteiger partial charge in [-0.3, -0.25) is 0 Å². The van der Waals surface area contributed by atoms with Gasteiger partial charge in [0.1, 0.15) is 5.60 Å². The number of hydrogen-bond donors (Lipinski definition) is 0. The third-order valence-corrected chi connectivity index (χ3v) is 7.29. The Hall–Kier alpha value is -1.65. The highest BCUT2D eigenvalue weighted by Crippen LogP contribution is 2.33. The van der Waals surface area contributed by atoms with Crippen LogP contribution in [0.2, 0.25) is 0 Å². The molecule has 1 aromatic carbocycles. The second-order valence-electron chi connectivity index (χ2n) is 9.60. The van der Waals surface area contributed by atoms with E-state index in [1.807, 2.05) is 0 Å². The summed E-state index contributed by atoms with van der Waals surface area (Å²) in [6.45, 7) is 8.63. The van der Waals surface area contributed by atoms with Crippen molar-refractivity contribution in [1.82, 2.24) is 4.31 Å². The normalized spacial score (nSPS) is 20.9. The van der Waals surface area contributed by atoms with Gasteiger partial charge in [0.25, 0.3) is 0 Å². The van der Waals surface area contributed by atoms with Crippen LogP contribution < -0.4 is 0 Å². The summed E-state index contributed by atoms with van der Waals surface area (Å²) in [5.41, 5.74) is -2.67. The Bertz CT molecular complexity index is 897. The summed E-state index contributed by atoms with van der Waals surface area (Å²) in [6.07, 6.45) is -2.65. The number of esters is 1. The summed E-state index contributed by atoms with van der Waals surface area (Å²) in [7, 11) is -2.50. The molecule has 0 spiro atoms. The molecule has 0 amide bonds. The molecule has 0 aromatic heterocycles. The fourth-order valence-electron chi connectivity index (χ4n) is 3.57. The first kappa shape index (κ1) is 26.6. The number of benzene rings is 1. The number of carbonyl (C=O) groups is 1. The van der Waals surface area contributed by atoms with Crippen molar-refractivity contribution in [3.8, 4) is 0 Å². The smallest absolute Gasteiger partial charge is 0.416 e. The predicted molar refractivity (Wildman–Crippen MR) is 113 cm³/mol. The average molecular weight is 480 g/mol. The second-order valence-corrected chi connectivity index (χ2v) is 11.6. The summed E-state index contributed by atoms with van der Waals surface area (Å²) in [6, 6.07) is 3.18. The lowest BCUT2D eigenvalue weighted by Gasteiger charge is -2.37. The minimum atomic E-state index is -4.53. The minimum absolute atomic E-state index is 0.183. The highest BCUT2D eigenvalue weighted by molar-refractivity contribution is 7.89. The molecule has 0 unspecified atom stereocenters. The van der Waals surface area contributed by atoms with E-state index in [2.05, 4.69) is 0 Å². The molecule has 0 heterocycles. The molecule has 1 aromatic rings. The van der Waals surface area contributed by atoms with Crippen LogP contribution in [-0.2, 0) is 30.5 Å². The molecule has 6 nitrogen and oxygen atoms in total. The van der Waals surface area contributed by atoms with E-state index in [0.717, 1.165) is 24.3 Å². The van der Waals surface area contributed by atoms with Crippen LogP contribution in [0.5, 0.6) is 0 Å². The molecule has 0 saturated heterocycles. The zero-order chi connectivity index (χ0) is 24.5. The summed E-state index contributed by atoms with van der Waals surface area (Å²) in [4.78, 5) is 12.2. The topological polar surface area (TPSA) is 72.9 Å². The third kappa shape index (κ3) is 6.68. The van der Waals surface area contributed by atoms with E-state index >= 15 is 0 Å². The van der Waals surface area contributed by atoms with Gasteiger partial charge in [0.05, 0.1) is 16.6 Å². The first-order chi connectivity index (χ1) is 14.4. The number of sulfonamides is 1. The quantitative estimate of drug-likeness (QED) is 0.550. The van der Waals surface area contributed by atoms with Crippen molar-refractivity contribution in [2.24, 2.45) is 0 Å². The van der Waals surface area contributed by atoms with Crippen molar-refractivity contribution >= 4 is 16.0 Å². The Kier molecular flexibility index (Phi) is 7.74. The molecule has 0 bridgehead atoms. The first-order valence-corrected chi connectivity index (χ1v) is 11.9. The average Bonchev–Trinajstić information content (AvgIpc) is 2.66. The van der Waals surface area contributed by atoms with E-state index < -0.39 is 38.9 Å². The van der Waals surface area contributed by atoms with Gasteiger partial charge in [0, 0.05) is 13.1 Å². The van der Waals surface area contributed by atoms with Crippen molar-refractivity contribution in [1.29, 1.82) is 0 Å². The number of carbonyl (C=O) groups excluding carboxylic acids is 1. The standard InChI is InChI=1S/C22H32F3NO5S/c1-20(2,3)31-19(27)21(4,5)30-17-11-9-16(10-12-17)26(6)32(28,29)18-13-7-15(8-14-18)22(23,24)25/h7-8,13-14,16-17H,9-12H2,1-6H3/t16-,17-. The molecule has 32 heavy (non-hydrogen) atoms. The van der Waals surface area contributed by atoms with Gasteiger partial charge in [0.15, 0.2) is 5.60 Å². The fourth-order valence-corrected chi connectivity index (χ4v) is 4.99. The number of ether oxygens (including phenoxy) is 2. The fraction of sp³-hybridized carbons (Fsp3) is 0.682. The molecule has 1 aliphatic carbocycles. The maximum atomic E-state index is 12.9. The Morgan fingerprint density at radius 2 is 1.47 bits per heavy atom. The molecule has 2 rings (SSSR count). The van der Waals surface area contributed by atoms with Crippen LogP contribution in [0.1, 0.15) is 65.9 Å². The van der Waals surface area contributed by atoms with Crippen LogP contribution in [0.3, 0.4) is 0 Å². The predicted octanol–water partition coefficient (Wildman–Crippen LogP) is 4.77. The van der Waals surface area contributed by atoms with E-state index in [-0.39, 0.29) is 17.0 Å². The molecule has 10 heteroatoms. The van der Waals surface area contributed by atoms with Crippen LogP contribution in [0, 0.1) is 0 Å². The minimum Gasteiger partial charge on any atom is -0.458 e. The Balaban J connectivity index is 1.99. The monoisotopic (exact) mass is 479 g/mol. The van der Waals surface area contributed by atoms with Crippen molar-refractivity contribution in [3.05, 3.63) is 29.8 Å². The second kappa shape index (κ2) is 9.30. The summed E-state index contributed by atoms with van der Waals surface area (Å²) >= 11 is 0. The van der Waals surface area contributed by atoms with Crippen molar-refractivity contribution in [2.75, 3.05) is 7.05 Å². The molecular formula is C22H32F3NO5S. The van der Waals surface area contributed by atoms with E-state index in [0.29, 0.717) is 25.7 Å². The van der Waals surface area contributed by atoms with Crippen LogP contribution >= 0.6 is 0 Å². The number of alkyl halides is 3. The Morgan fingerprint density at radius 3 is 1.91 bits per heavy atom. The number of hydrogen-bond acceptors (Lipinski definition) is 5. The largest absolute Gasteiger partial charge is 0.458 e. The highest BCUT2D eigenvalue weighted by Gasteiger charge is 2.39. The summed E-state index contributed by atoms with van der Waals surface area (Å²) in [5, 5.41) is 0. The van der Waals surface area contributed by atoms with Crippen LogP contribution in [0.25, 0.3) is 0 Å². The van der Waals surface area contributed by atoms with Crippen molar-refractivity contribution < 1.29 is 35.9 Å². The highest BCUT2D eigenvalue weighted by atomic mass is 32.2. The molecule has 182 valence electrons. The lowest BCUT2D eigenvalue weighted by Crippen LogP contribution is -2.46. The Morgan fingerprint density at radius 1 is 0.969 bits per heavy atom. The first-order valence-electron chi connectivity index (χ1n) is 10.5. The molecular weight excluding hydrogens is 447 g/mol. The molecule has 1 fully saturated rings. The number of nitrogens with zero attached hydrogens (tertiary/aromatic N) is 1. The van der Waals surface area contributed by atoms with Crippen molar-refractivity contribution in [2.45, 2.75) is 94.7 Å². The Labute approximate surface area is 188 Å². The van der Waals surface area contributed by atoms with Gasteiger partial charge in [-0.15, -0.1) is 0 Å². The summed E-state index contributed by atoms with van der Waals surface area (Å²) in [5.74, 6) is -0.464. The van der Waals surface area contributed by atoms with Gasteiger partial charge in [-0.2, -0.15) is 17.5 Å². The third-order valence-electron chi connectivity index (χ3n) is 5.37. The SMILES string of the molecule is CN([C@H]1CC[C@H](OC(C)(C)C(=O)OC(C)(C)C)CC1)S(=O)(=O)c1ccc(C(F)(F)F)cc1. The number of rotatable bonds is 6. The number of halogens is 3. The van der Waals surface area contributed by atoms with Gasteiger partial charge < -0.3 is 9.47 Å². The molecule has 0 N–H and O–H groups in total. The van der Waals surface area contributed by atoms with Crippen LogP contribution in [0.4, 0.5) is 13.2 Å². The zero-order valence-electron chi connectivity index (χ0n) is 19.3. The molecule has 1 aliphatic rings.